The highest BCUT2D eigenvalue weighted by Crippen LogP contribution is 2.47. The Hall–Kier alpha value is -1.98. The fourth-order valence-electron chi connectivity index (χ4n) is 3.45. The summed E-state index contributed by atoms with van der Waals surface area (Å²) in [6.45, 7) is 0. The Bertz CT molecular complexity index is 980. The van der Waals surface area contributed by atoms with Gasteiger partial charge in [-0.25, -0.2) is 4.79 Å². The molecule has 0 saturated carbocycles. The lowest BCUT2D eigenvalue weighted by molar-refractivity contribution is -0.271. The predicted octanol–water partition coefficient (Wildman–Crippen LogP) is 2.17. The van der Waals surface area contributed by atoms with Crippen molar-refractivity contribution < 1.29 is 44.5 Å². The smallest absolute Gasteiger partial charge is 0.335 e. The molecule has 0 aliphatic carbocycles. The van der Waals surface area contributed by atoms with Crippen LogP contribution >= 0.6 is 34.8 Å². The van der Waals surface area contributed by atoms with Gasteiger partial charge in [0.25, 0.3) is 0 Å². The van der Waals surface area contributed by atoms with Gasteiger partial charge in [0.15, 0.2) is 17.6 Å². The number of hydrogen-bond acceptors (Lipinski definition) is 8. The van der Waals surface area contributed by atoms with E-state index in [1.165, 1.54) is 25.3 Å². The van der Waals surface area contributed by atoms with Crippen molar-refractivity contribution in [2.45, 2.75) is 40.4 Å². The van der Waals surface area contributed by atoms with E-state index in [-0.39, 0.29) is 11.5 Å². The summed E-state index contributed by atoms with van der Waals surface area (Å²) in [6, 6.07) is 10.8. The zero-order chi connectivity index (χ0) is 24.5. The van der Waals surface area contributed by atoms with Crippen LogP contribution in [0.1, 0.15) is 17.0 Å². The van der Waals surface area contributed by atoms with Crippen molar-refractivity contribution in [1.82, 2.24) is 0 Å². The summed E-state index contributed by atoms with van der Waals surface area (Å²) >= 11 is 18.7. The summed E-state index contributed by atoms with van der Waals surface area (Å²) in [4.78, 5) is 11.3. The number of halogens is 3. The first-order valence-electron chi connectivity index (χ1n) is 9.56. The molecule has 1 aliphatic heterocycles. The van der Waals surface area contributed by atoms with Crippen molar-refractivity contribution in [2.24, 2.45) is 0 Å². The van der Waals surface area contributed by atoms with Crippen LogP contribution in [0.2, 0.25) is 0 Å². The molecule has 0 bridgehead atoms. The number of methoxy groups -OCH3 is 1. The first-order valence-corrected chi connectivity index (χ1v) is 10.7. The van der Waals surface area contributed by atoms with Gasteiger partial charge in [-0.2, -0.15) is 0 Å². The van der Waals surface area contributed by atoms with E-state index in [4.69, 9.17) is 49.0 Å². The maximum absolute atomic E-state index is 11.3. The second kappa shape index (κ2) is 10.1. The highest BCUT2D eigenvalue weighted by Gasteiger charge is 2.48. The average molecular weight is 524 g/mol. The molecule has 0 aromatic heterocycles. The number of phenols is 1. The summed E-state index contributed by atoms with van der Waals surface area (Å²) in [5.74, 6) is -2.44. The van der Waals surface area contributed by atoms with Gasteiger partial charge in [-0.3, -0.25) is 0 Å². The van der Waals surface area contributed by atoms with Crippen LogP contribution in [-0.4, -0.2) is 73.1 Å². The van der Waals surface area contributed by atoms with E-state index in [1.54, 1.807) is 24.3 Å². The van der Waals surface area contributed by atoms with E-state index in [1.807, 2.05) is 0 Å². The molecule has 2 aromatic carbocycles. The number of phenolic OH excluding ortho intramolecular Hbond substituents is 1. The molecular weight excluding hydrogens is 503 g/mol. The Morgan fingerprint density at radius 1 is 1.00 bits per heavy atom. The van der Waals surface area contributed by atoms with Gasteiger partial charge in [0.05, 0.1) is 13.0 Å². The molecular formula is C21H21Cl3O9. The average Bonchev–Trinajstić information content (AvgIpc) is 2.75. The minimum absolute atomic E-state index is 0.239. The van der Waals surface area contributed by atoms with Gasteiger partial charge in [-0.15, -0.1) is 0 Å². The third-order valence-electron chi connectivity index (χ3n) is 5.15. The largest absolute Gasteiger partial charge is 0.504 e. The Morgan fingerprint density at radius 2 is 1.61 bits per heavy atom. The molecule has 0 amide bonds. The van der Waals surface area contributed by atoms with Crippen LogP contribution in [0.3, 0.4) is 0 Å². The van der Waals surface area contributed by atoms with Crippen molar-refractivity contribution in [3.8, 4) is 17.2 Å². The molecule has 5 N–H and O–H groups in total. The zero-order valence-electron chi connectivity index (χ0n) is 17.0. The molecule has 9 nitrogen and oxygen atoms in total. The number of ether oxygens (including phenoxy) is 3. The lowest BCUT2D eigenvalue weighted by Crippen LogP contribution is -2.61. The SMILES string of the molecule is COc1ccc(C(c2ccc(O)c(O[C@@H]3O[C@H](C(=O)O)[C@@H](O)[C@H](O)[C@H]3O)c2)C(Cl)(Cl)Cl)cc1. The summed E-state index contributed by atoms with van der Waals surface area (Å²) in [6.07, 6.45) is -9.17. The molecule has 1 unspecified atom stereocenters. The van der Waals surface area contributed by atoms with E-state index in [9.17, 15) is 30.3 Å². The first-order chi connectivity index (χ1) is 15.4. The lowest BCUT2D eigenvalue weighted by atomic mass is 9.92. The van der Waals surface area contributed by atoms with Gasteiger partial charge in [-0.05, 0) is 35.4 Å². The Balaban J connectivity index is 1.95. The van der Waals surface area contributed by atoms with Gasteiger partial charge in [0.1, 0.15) is 24.1 Å². The van der Waals surface area contributed by atoms with E-state index in [2.05, 4.69) is 0 Å². The van der Waals surface area contributed by atoms with Gasteiger partial charge in [0.2, 0.25) is 10.1 Å². The molecule has 2 aromatic rings. The van der Waals surface area contributed by atoms with E-state index in [0.717, 1.165) is 0 Å². The monoisotopic (exact) mass is 522 g/mol. The number of carboxylic acid groups (broad SMARTS) is 1. The maximum atomic E-state index is 11.3. The fraction of sp³-hybridized carbons (Fsp3) is 0.381. The topological polar surface area (TPSA) is 146 Å². The number of aromatic hydroxyl groups is 1. The molecule has 1 fully saturated rings. The Morgan fingerprint density at radius 3 is 2.15 bits per heavy atom. The van der Waals surface area contributed by atoms with Gasteiger partial charge in [-0.1, -0.05) is 53.0 Å². The fourth-order valence-corrected chi connectivity index (χ4v) is 4.20. The molecule has 0 spiro atoms. The first kappa shape index (κ1) is 25.6. The minimum Gasteiger partial charge on any atom is -0.504 e. The number of aliphatic hydroxyl groups is 3. The third kappa shape index (κ3) is 5.58. The standard InChI is InChI=1S/C21H21Cl3O9/c1-31-11-5-2-9(3-6-11)14(21(22,23)24)10-4-7-12(25)13(8-10)32-20-17(28)15(26)16(27)18(33-20)19(29)30/h2-8,14-18,20,25-28H,1H3,(H,29,30)/t14?,15-,16-,17+,18-,20+/m0/s1. The highest BCUT2D eigenvalue weighted by molar-refractivity contribution is 6.68. The normalized spacial score (nSPS) is 26.5. The van der Waals surface area contributed by atoms with Crippen molar-refractivity contribution in [3.05, 3.63) is 53.6 Å². The molecule has 180 valence electrons. The van der Waals surface area contributed by atoms with E-state index >= 15 is 0 Å². The Labute approximate surface area is 203 Å². The Kier molecular flexibility index (Phi) is 7.85. The number of rotatable bonds is 6. The predicted molar refractivity (Wildman–Crippen MR) is 118 cm³/mol. The molecule has 1 heterocycles. The number of carbonyl (C=O) groups is 1. The molecule has 12 heteroatoms. The molecule has 3 rings (SSSR count). The molecule has 1 saturated heterocycles. The third-order valence-corrected chi connectivity index (χ3v) is 5.80. The van der Waals surface area contributed by atoms with E-state index in [0.29, 0.717) is 16.9 Å². The molecule has 0 radical (unpaired) electrons. The number of alkyl halides is 3. The lowest BCUT2D eigenvalue weighted by Gasteiger charge is -2.38. The van der Waals surface area contributed by atoms with Gasteiger partial charge in [0, 0.05) is 0 Å². The van der Waals surface area contributed by atoms with Gasteiger partial charge >= 0.3 is 5.97 Å². The second-order valence-corrected chi connectivity index (χ2v) is 9.70. The quantitative estimate of drug-likeness (QED) is 0.360. The molecule has 6 atom stereocenters. The van der Waals surface area contributed by atoms with Crippen molar-refractivity contribution in [3.63, 3.8) is 0 Å². The maximum Gasteiger partial charge on any atom is 0.335 e. The number of aliphatic hydroxyl groups excluding tert-OH is 3. The van der Waals surface area contributed by atoms with Crippen LogP contribution in [0, 0.1) is 0 Å². The van der Waals surface area contributed by atoms with Crippen molar-refractivity contribution in [2.75, 3.05) is 7.11 Å². The number of aliphatic carboxylic acids is 1. The highest BCUT2D eigenvalue weighted by atomic mass is 35.6. The van der Waals surface area contributed by atoms with Crippen molar-refractivity contribution >= 4 is 40.8 Å². The number of benzene rings is 2. The summed E-state index contributed by atoms with van der Waals surface area (Å²) in [5, 5.41) is 49.4. The zero-order valence-corrected chi connectivity index (χ0v) is 19.3. The summed E-state index contributed by atoms with van der Waals surface area (Å²) < 4.78 is 13.9. The summed E-state index contributed by atoms with van der Waals surface area (Å²) in [5.41, 5.74) is 1.000. The number of hydrogen-bond donors (Lipinski definition) is 5. The van der Waals surface area contributed by atoms with Crippen LogP contribution in [0.15, 0.2) is 42.5 Å². The van der Waals surface area contributed by atoms with Crippen LogP contribution in [0.4, 0.5) is 0 Å². The second-order valence-electron chi connectivity index (χ2n) is 7.33. The van der Waals surface area contributed by atoms with Gasteiger partial charge < -0.3 is 39.7 Å². The summed E-state index contributed by atoms with van der Waals surface area (Å²) in [7, 11) is 1.51. The van der Waals surface area contributed by atoms with Crippen molar-refractivity contribution in [1.29, 1.82) is 0 Å². The van der Waals surface area contributed by atoms with E-state index < -0.39 is 46.4 Å². The molecule has 33 heavy (non-hydrogen) atoms. The molecule has 1 aliphatic rings. The van der Waals surface area contributed by atoms with Crippen LogP contribution in [-0.2, 0) is 9.53 Å². The number of carboxylic acids is 1. The van der Waals surface area contributed by atoms with Crippen LogP contribution in [0.5, 0.6) is 17.2 Å². The van der Waals surface area contributed by atoms with Crippen LogP contribution < -0.4 is 9.47 Å². The minimum atomic E-state index is -1.89. The van der Waals surface area contributed by atoms with Crippen LogP contribution in [0.25, 0.3) is 0 Å².